The van der Waals surface area contributed by atoms with Crippen molar-refractivity contribution >= 4 is 0 Å². The van der Waals surface area contributed by atoms with E-state index in [1.807, 2.05) is 4.90 Å². The number of hydrogen-bond acceptors (Lipinski definition) is 4. The van der Waals surface area contributed by atoms with Gasteiger partial charge in [0.25, 0.3) is 0 Å². The molecule has 1 saturated heterocycles. The van der Waals surface area contributed by atoms with E-state index in [4.69, 9.17) is 0 Å². The fourth-order valence-corrected chi connectivity index (χ4v) is 6.56. The second-order valence-corrected chi connectivity index (χ2v) is 11.6. The largest absolute Gasteiger partial charge is 0.600 e. The third kappa shape index (κ3) is 6.49. The molecule has 2 aromatic rings. The van der Waals surface area contributed by atoms with Crippen LogP contribution in [0.25, 0.3) is 0 Å². The summed E-state index contributed by atoms with van der Waals surface area (Å²) in [6.07, 6.45) is -5.02. The number of alkyl halides is 6. The van der Waals surface area contributed by atoms with Gasteiger partial charge in [0.15, 0.2) is 0 Å². The summed E-state index contributed by atoms with van der Waals surface area (Å²) in [5, 5.41) is 20.6. The molecule has 2 aliphatic heterocycles. The molecule has 0 radical (unpaired) electrons. The summed E-state index contributed by atoms with van der Waals surface area (Å²) >= 11 is 0. The first-order valence-corrected chi connectivity index (χ1v) is 13.9. The Morgan fingerprint density at radius 2 is 1.62 bits per heavy atom. The summed E-state index contributed by atoms with van der Waals surface area (Å²) in [7, 11) is 0. The van der Waals surface area contributed by atoms with Crippen LogP contribution in [0.4, 0.5) is 26.3 Å². The Bertz CT molecular complexity index is 1190. The quantitative estimate of drug-likeness (QED) is 0.345. The van der Waals surface area contributed by atoms with Crippen molar-refractivity contribution in [2.75, 3.05) is 19.6 Å². The van der Waals surface area contributed by atoms with Crippen molar-refractivity contribution < 1.29 is 36.8 Å². The lowest BCUT2D eigenvalue weighted by molar-refractivity contribution is -1.07. The molecule has 3 aliphatic rings. The minimum absolute atomic E-state index is 0.00106. The molecule has 2 fully saturated rings. The summed E-state index contributed by atoms with van der Waals surface area (Å²) in [6, 6.07) is 7.82. The Labute approximate surface area is 229 Å². The third-order valence-corrected chi connectivity index (χ3v) is 8.92. The smallest absolute Gasteiger partial charge is 0.416 e. The lowest BCUT2D eigenvalue weighted by Gasteiger charge is -2.41. The van der Waals surface area contributed by atoms with Gasteiger partial charge >= 0.3 is 12.4 Å². The molecule has 220 valence electrons. The molecule has 0 bridgehead atoms. The Morgan fingerprint density at radius 3 is 2.23 bits per heavy atom. The van der Waals surface area contributed by atoms with E-state index >= 15 is 0 Å². The van der Waals surface area contributed by atoms with Gasteiger partial charge in [-0.15, -0.1) is 0 Å². The zero-order valence-corrected chi connectivity index (χ0v) is 22.4. The van der Waals surface area contributed by atoms with Crippen molar-refractivity contribution in [3.05, 3.63) is 75.0 Å². The number of benzene rings is 2. The molecule has 2 N–H and O–H groups in total. The minimum Gasteiger partial charge on any atom is -0.600 e. The number of likely N-dealkylation sites (tertiary alicyclic amines) is 1. The number of fused-ring (bicyclic) bond motifs is 1. The fraction of sp³-hybridized carbons (Fsp3) is 0.586. The molecule has 1 aliphatic carbocycles. The number of hydroxylamine groups is 2. The average molecular weight is 572 g/mol. The van der Waals surface area contributed by atoms with Gasteiger partial charge in [-0.2, -0.15) is 26.3 Å². The first kappa shape index (κ1) is 29.3. The van der Waals surface area contributed by atoms with E-state index in [1.54, 1.807) is 6.92 Å². The van der Waals surface area contributed by atoms with Gasteiger partial charge < -0.3 is 5.21 Å². The van der Waals surface area contributed by atoms with Crippen LogP contribution in [0.5, 0.6) is 0 Å². The van der Waals surface area contributed by atoms with Crippen molar-refractivity contribution in [1.29, 1.82) is 0 Å². The second kappa shape index (κ2) is 11.2. The highest BCUT2D eigenvalue weighted by Crippen LogP contribution is 2.44. The third-order valence-electron chi connectivity index (χ3n) is 8.92. The van der Waals surface area contributed by atoms with Crippen LogP contribution >= 0.6 is 0 Å². The highest BCUT2D eigenvalue weighted by atomic mass is 19.4. The predicted molar refractivity (Wildman–Crippen MR) is 136 cm³/mol. The number of rotatable bonds is 7. The van der Waals surface area contributed by atoms with Gasteiger partial charge in [-0.3, -0.25) is 9.80 Å². The lowest BCUT2D eigenvalue weighted by atomic mass is 9.85. The van der Waals surface area contributed by atoms with Crippen molar-refractivity contribution in [1.82, 2.24) is 9.80 Å². The molecule has 5 nitrogen and oxygen atoms in total. The topological polar surface area (TPSA) is 54.2 Å². The molecule has 5 rings (SSSR count). The zero-order valence-electron chi connectivity index (χ0n) is 22.4. The normalized spacial score (nSPS) is 22.1. The van der Waals surface area contributed by atoms with Crippen molar-refractivity contribution in [2.24, 2.45) is 5.92 Å². The first-order chi connectivity index (χ1) is 18.8. The van der Waals surface area contributed by atoms with E-state index in [-0.39, 0.29) is 24.1 Å². The molecular formula is C29H35F6N3O2. The highest BCUT2D eigenvalue weighted by Gasteiger charge is 2.40. The van der Waals surface area contributed by atoms with Crippen LogP contribution in [0.1, 0.15) is 71.9 Å². The summed E-state index contributed by atoms with van der Waals surface area (Å²) in [6.45, 7) is 4.20. The molecule has 0 amide bonds. The Morgan fingerprint density at radius 1 is 0.925 bits per heavy atom. The molecule has 1 saturated carbocycles. The summed E-state index contributed by atoms with van der Waals surface area (Å²) in [5.41, 5.74) is 1.11. The number of halogens is 6. The van der Waals surface area contributed by atoms with Gasteiger partial charge in [0.1, 0.15) is 6.04 Å². The fourth-order valence-electron chi connectivity index (χ4n) is 6.56. The highest BCUT2D eigenvalue weighted by molar-refractivity contribution is 5.37. The zero-order chi connectivity index (χ0) is 28.8. The van der Waals surface area contributed by atoms with E-state index in [9.17, 15) is 36.8 Å². The van der Waals surface area contributed by atoms with Crippen molar-refractivity contribution in [3.8, 4) is 0 Å². The number of nitrogens with one attached hydrogen (secondary N) is 1. The van der Waals surface area contributed by atoms with Gasteiger partial charge in [-0.1, -0.05) is 18.2 Å². The number of quaternary nitrogens is 1. The molecule has 0 aromatic heterocycles. The van der Waals surface area contributed by atoms with Crippen LogP contribution in [0, 0.1) is 11.1 Å². The maximum absolute atomic E-state index is 13.5. The summed E-state index contributed by atoms with van der Waals surface area (Å²) < 4.78 is 80.2. The maximum Gasteiger partial charge on any atom is 0.416 e. The van der Waals surface area contributed by atoms with Gasteiger partial charge in [-0.05, 0) is 98.5 Å². The van der Waals surface area contributed by atoms with Gasteiger partial charge in [0.05, 0.1) is 11.1 Å². The van der Waals surface area contributed by atoms with Crippen molar-refractivity contribution in [3.63, 3.8) is 0 Å². The van der Waals surface area contributed by atoms with E-state index in [1.165, 1.54) is 11.1 Å². The number of piperidine rings is 1. The Balaban J connectivity index is 1.24. The van der Waals surface area contributed by atoms with Crippen LogP contribution in [-0.2, 0) is 31.9 Å². The van der Waals surface area contributed by atoms with E-state index in [0.29, 0.717) is 37.2 Å². The van der Waals surface area contributed by atoms with Crippen LogP contribution in [0.2, 0.25) is 0 Å². The average Bonchev–Trinajstić information content (AvgIpc) is 3.73. The standard InChI is InChI=1S/C29H35F6N3O2/c1-18(38(39)40)27(20-3-4-20)21-5-2-19-8-13-37(17-22(19)14-21)25-9-11-36(12-10-25)16-23-15-24(28(30,31)32)6-7-26(23)29(33,34)35/h2,5-7,14-15,18,20,25,27,38-39H,3-4,8-13,16-17H2,1H3/t18-,27?/m0/s1. The SMILES string of the molecule is C[C@@H](C(c1ccc2c(c1)CN(C1CCN(Cc3cc(C(F)(F)F)ccc3C(F)(F)F)CC1)CC2)C1CC1)[NH+]([O-])O. The van der Waals surface area contributed by atoms with Crippen LogP contribution in [0.3, 0.4) is 0 Å². The number of hydrogen-bond donors (Lipinski definition) is 2. The molecule has 3 atom stereocenters. The summed E-state index contributed by atoms with van der Waals surface area (Å²) in [5.74, 6) is 0.404. The maximum atomic E-state index is 13.5. The molecule has 11 heteroatoms. The molecule has 2 aromatic carbocycles. The predicted octanol–water partition coefficient (Wildman–Crippen LogP) is 5.40. The molecule has 2 heterocycles. The lowest BCUT2D eigenvalue weighted by Crippen LogP contribution is -3.09. The van der Waals surface area contributed by atoms with Crippen LogP contribution in [0.15, 0.2) is 36.4 Å². The van der Waals surface area contributed by atoms with E-state index < -0.39 is 34.7 Å². The van der Waals surface area contributed by atoms with Crippen LogP contribution in [-0.4, -0.2) is 46.7 Å². The van der Waals surface area contributed by atoms with E-state index in [2.05, 4.69) is 23.1 Å². The summed E-state index contributed by atoms with van der Waals surface area (Å²) in [4.78, 5) is 4.20. The van der Waals surface area contributed by atoms with Crippen molar-refractivity contribution in [2.45, 2.75) is 82.5 Å². The number of nitrogens with zero attached hydrogens (tertiary/aromatic N) is 2. The van der Waals surface area contributed by atoms with Gasteiger partial charge in [0.2, 0.25) is 0 Å². The minimum atomic E-state index is -4.72. The first-order valence-electron chi connectivity index (χ1n) is 13.9. The Hall–Kier alpha value is -2.18. The molecule has 0 spiro atoms. The van der Waals surface area contributed by atoms with Crippen LogP contribution < -0.4 is 5.23 Å². The molecule has 2 unspecified atom stereocenters. The second-order valence-electron chi connectivity index (χ2n) is 11.6. The van der Waals surface area contributed by atoms with Gasteiger partial charge in [-0.25, -0.2) is 10.4 Å². The monoisotopic (exact) mass is 571 g/mol. The molecule has 40 heavy (non-hydrogen) atoms. The Kier molecular flexibility index (Phi) is 8.24. The molecular weight excluding hydrogens is 536 g/mol. The van der Waals surface area contributed by atoms with E-state index in [0.717, 1.165) is 50.8 Å². The van der Waals surface area contributed by atoms with Gasteiger partial charge in [0, 0.05) is 31.6 Å².